The molecule has 0 aliphatic rings. The van der Waals surface area contributed by atoms with Crippen LogP contribution in [-0.2, 0) is 4.74 Å². The van der Waals surface area contributed by atoms with E-state index in [1.165, 1.54) is 0 Å². The van der Waals surface area contributed by atoms with Crippen molar-refractivity contribution in [3.63, 3.8) is 0 Å². The van der Waals surface area contributed by atoms with E-state index in [2.05, 4.69) is 20.5 Å². The normalized spacial score (nSPS) is 13.2. The Hall–Kier alpha value is -1.63. The number of aliphatic hydroxyl groups excluding tert-OH is 1. The van der Waals surface area contributed by atoms with E-state index in [4.69, 9.17) is 4.74 Å². The van der Waals surface area contributed by atoms with Gasteiger partial charge in [0.05, 0.1) is 6.61 Å². The highest BCUT2D eigenvalue weighted by atomic mass is 16.6. The summed E-state index contributed by atoms with van der Waals surface area (Å²) in [6.07, 6.45) is -0.612. The zero-order chi connectivity index (χ0) is 13.1. The number of nitrogens with zero attached hydrogens (tertiary/aromatic N) is 2. The van der Waals surface area contributed by atoms with E-state index in [1.807, 2.05) is 0 Å². The van der Waals surface area contributed by atoms with Gasteiger partial charge in [-0.1, -0.05) is 0 Å². The number of H-pyrrole nitrogens is 1. The van der Waals surface area contributed by atoms with E-state index < -0.39 is 17.7 Å². The molecule has 3 N–H and O–H groups in total. The van der Waals surface area contributed by atoms with Crippen molar-refractivity contribution in [2.75, 3.05) is 6.61 Å². The average Bonchev–Trinajstić information content (AvgIpc) is 2.58. The van der Waals surface area contributed by atoms with Crippen LogP contribution in [0.25, 0.3) is 0 Å². The fraction of sp³-hybridized carbons (Fsp3) is 0.700. The molecule has 0 bridgehead atoms. The van der Waals surface area contributed by atoms with Gasteiger partial charge in [-0.25, -0.2) is 9.78 Å². The average molecular weight is 242 g/mol. The minimum Gasteiger partial charge on any atom is -0.444 e. The number of alkyl carbamates (subject to hydrolysis) is 1. The predicted octanol–water partition coefficient (Wildman–Crippen LogP) is 0.671. The van der Waals surface area contributed by atoms with E-state index in [0.717, 1.165) is 0 Å². The number of hydrogen-bond acceptors (Lipinski definition) is 5. The van der Waals surface area contributed by atoms with Crippen LogP contribution in [-0.4, -0.2) is 38.6 Å². The Morgan fingerprint density at radius 2 is 2.24 bits per heavy atom. The highest BCUT2D eigenvalue weighted by molar-refractivity contribution is 5.68. The second kappa shape index (κ2) is 5.13. The first-order valence-corrected chi connectivity index (χ1v) is 5.31. The summed E-state index contributed by atoms with van der Waals surface area (Å²) in [5.74, 6) is 0.945. The molecule has 0 aliphatic heterocycles. The maximum atomic E-state index is 11.5. The molecule has 0 saturated heterocycles. The number of aromatic amines is 1. The molecule has 1 atom stereocenters. The lowest BCUT2D eigenvalue weighted by Crippen LogP contribution is -2.36. The fourth-order valence-electron chi connectivity index (χ4n) is 1.16. The van der Waals surface area contributed by atoms with Crippen LogP contribution >= 0.6 is 0 Å². The highest BCUT2D eigenvalue weighted by Crippen LogP contribution is 2.10. The molecule has 0 aromatic carbocycles. The molecular weight excluding hydrogens is 224 g/mol. The summed E-state index contributed by atoms with van der Waals surface area (Å²) in [5, 5.41) is 18.2. The van der Waals surface area contributed by atoms with Crippen molar-refractivity contribution in [1.29, 1.82) is 0 Å². The van der Waals surface area contributed by atoms with Crippen molar-refractivity contribution in [3.05, 3.63) is 11.6 Å². The number of nitrogens with one attached hydrogen (secondary N) is 2. The van der Waals surface area contributed by atoms with Gasteiger partial charge < -0.3 is 15.2 Å². The number of hydrogen-bond donors (Lipinski definition) is 3. The highest BCUT2D eigenvalue weighted by Gasteiger charge is 2.22. The van der Waals surface area contributed by atoms with Crippen LogP contribution < -0.4 is 5.32 Å². The molecule has 0 radical (unpaired) electrons. The monoisotopic (exact) mass is 242 g/mol. The van der Waals surface area contributed by atoms with Crippen molar-refractivity contribution in [3.8, 4) is 0 Å². The Kier molecular flexibility index (Phi) is 4.06. The third-order valence-electron chi connectivity index (χ3n) is 1.80. The molecular formula is C10H18N4O3. The lowest BCUT2D eigenvalue weighted by Gasteiger charge is -2.21. The molecule has 0 fully saturated rings. The summed E-state index contributed by atoms with van der Waals surface area (Å²) in [7, 11) is 0. The lowest BCUT2D eigenvalue weighted by atomic mass is 10.2. The van der Waals surface area contributed by atoms with Gasteiger partial charge in [0.15, 0.2) is 5.82 Å². The molecule has 0 unspecified atom stereocenters. The molecule has 1 rings (SSSR count). The number of carbonyl (C=O) groups is 1. The number of amides is 1. The van der Waals surface area contributed by atoms with Gasteiger partial charge in [-0.15, -0.1) is 0 Å². The Morgan fingerprint density at radius 1 is 1.59 bits per heavy atom. The molecule has 7 nitrogen and oxygen atoms in total. The molecule has 96 valence electrons. The smallest absolute Gasteiger partial charge is 0.408 e. The number of rotatable bonds is 3. The van der Waals surface area contributed by atoms with Crippen LogP contribution in [0, 0.1) is 6.92 Å². The molecule has 0 aliphatic carbocycles. The van der Waals surface area contributed by atoms with Gasteiger partial charge in [0, 0.05) is 0 Å². The largest absolute Gasteiger partial charge is 0.444 e. The van der Waals surface area contributed by atoms with Crippen LogP contribution in [0.4, 0.5) is 4.79 Å². The van der Waals surface area contributed by atoms with Gasteiger partial charge in [-0.3, -0.25) is 5.10 Å². The van der Waals surface area contributed by atoms with Crippen molar-refractivity contribution >= 4 is 6.09 Å². The van der Waals surface area contributed by atoms with Crippen LogP contribution in [0.2, 0.25) is 0 Å². The minimum absolute atomic E-state index is 0.295. The number of aliphatic hydroxyl groups is 1. The van der Waals surface area contributed by atoms with Crippen molar-refractivity contribution in [2.45, 2.75) is 39.3 Å². The summed E-state index contributed by atoms with van der Waals surface area (Å²) < 4.78 is 5.07. The van der Waals surface area contributed by atoms with E-state index in [0.29, 0.717) is 11.6 Å². The van der Waals surface area contributed by atoms with Gasteiger partial charge in [-0.05, 0) is 27.7 Å². The summed E-state index contributed by atoms with van der Waals surface area (Å²) >= 11 is 0. The summed E-state index contributed by atoms with van der Waals surface area (Å²) in [6.45, 7) is 6.72. The zero-order valence-electron chi connectivity index (χ0n) is 10.4. The Balaban J connectivity index is 2.62. The second-order valence-corrected chi connectivity index (χ2v) is 4.66. The van der Waals surface area contributed by atoms with Crippen LogP contribution in [0.3, 0.4) is 0 Å². The molecule has 1 heterocycles. The van der Waals surface area contributed by atoms with E-state index in [9.17, 15) is 9.90 Å². The number of ether oxygens (including phenoxy) is 1. The second-order valence-electron chi connectivity index (χ2n) is 4.66. The molecule has 1 amide bonds. The summed E-state index contributed by atoms with van der Waals surface area (Å²) in [6, 6.07) is -0.671. The summed E-state index contributed by atoms with van der Waals surface area (Å²) in [5.41, 5.74) is -0.584. The molecule has 0 saturated carbocycles. The molecule has 17 heavy (non-hydrogen) atoms. The van der Waals surface area contributed by atoms with E-state index >= 15 is 0 Å². The molecule has 1 aromatic heterocycles. The number of aryl methyl sites for hydroxylation is 1. The van der Waals surface area contributed by atoms with E-state index in [1.54, 1.807) is 27.7 Å². The molecule has 0 spiro atoms. The van der Waals surface area contributed by atoms with Gasteiger partial charge in [0.1, 0.15) is 17.5 Å². The minimum atomic E-state index is -0.671. The van der Waals surface area contributed by atoms with Crippen LogP contribution in [0.5, 0.6) is 0 Å². The quantitative estimate of drug-likeness (QED) is 0.723. The maximum absolute atomic E-state index is 11.5. The SMILES string of the molecule is Cc1nc([C@H](CO)NC(=O)OC(C)(C)C)n[nH]1. The third kappa shape index (κ3) is 4.39. The van der Waals surface area contributed by atoms with Crippen LogP contribution in [0.1, 0.15) is 38.5 Å². The van der Waals surface area contributed by atoms with Crippen molar-refractivity contribution in [1.82, 2.24) is 20.5 Å². The zero-order valence-corrected chi connectivity index (χ0v) is 10.4. The van der Waals surface area contributed by atoms with Gasteiger partial charge in [0.25, 0.3) is 0 Å². The maximum Gasteiger partial charge on any atom is 0.408 e. The first-order valence-electron chi connectivity index (χ1n) is 5.31. The van der Waals surface area contributed by atoms with E-state index in [-0.39, 0.29) is 6.61 Å². The Labute approximate surface area is 99.6 Å². The predicted molar refractivity (Wildman–Crippen MR) is 60.3 cm³/mol. The topological polar surface area (TPSA) is 100 Å². The van der Waals surface area contributed by atoms with Gasteiger partial charge in [-0.2, -0.15) is 5.10 Å². The van der Waals surface area contributed by atoms with Gasteiger partial charge >= 0.3 is 6.09 Å². The number of carbonyl (C=O) groups excluding carboxylic acids is 1. The van der Waals surface area contributed by atoms with Crippen LogP contribution in [0.15, 0.2) is 0 Å². The Morgan fingerprint density at radius 3 is 2.65 bits per heavy atom. The molecule has 7 heteroatoms. The van der Waals surface area contributed by atoms with Crippen molar-refractivity contribution in [2.24, 2.45) is 0 Å². The first kappa shape index (κ1) is 13.4. The number of aromatic nitrogens is 3. The summed E-state index contributed by atoms with van der Waals surface area (Å²) in [4.78, 5) is 15.5. The Bertz CT molecular complexity index is 383. The third-order valence-corrected chi connectivity index (χ3v) is 1.80. The lowest BCUT2D eigenvalue weighted by molar-refractivity contribution is 0.0478. The first-order chi connectivity index (χ1) is 7.81. The standard InChI is InChI=1S/C10H18N4O3/c1-6-11-8(14-13-6)7(5-15)12-9(16)17-10(2,3)4/h7,15H,5H2,1-4H3,(H,12,16)(H,11,13,14)/t7-/m0/s1. The van der Waals surface area contributed by atoms with Gasteiger partial charge in [0.2, 0.25) is 0 Å². The fourth-order valence-corrected chi connectivity index (χ4v) is 1.16. The van der Waals surface area contributed by atoms with Crippen molar-refractivity contribution < 1.29 is 14.6 Å². The molecule has 1 aromatic rings.